The maximum absolute atomic E-state index is 9.04. The second-order valence-electron chi connectivity index (χ2n) is 3.68. The Morgan fingerprint density at radius 3 is 2.50 bits per heavy atom. The van der Waals surface area contributed by atoms with Crippen molar-refractivity contribution in [2.75, 3.05) is 36.6 Å². The molecule has 2 aromatic heterocycles. The number of anilines is 2. The van der Waals surface area contributed by atoms with E-state index in [-0.39, 0.29) is 44.1 Å². The van der Waals surface area contributed by atoms with Gasteiger partial charge in [0.1, 0.15) is 12.7 Å². The molecule has 11 heteroatoms. The lowest BCUT2D eigenvalue weighted by molar-refractivity contribution is 0.280. The summed E-state index contributed by atoms with van der Waals surface area (Å²) in [4.78, 5) is 17.7. The van der Waals surface area contributed by atoms with Crippen LogP contribution in [0, 0.1) is 0 Å². The Kier molecular flexibility index (Phi) is 4.70. The van der Waals surface area contributed by atoms with E-state index in [9.17, 15) is 0 Å². The number of rotatable bonds is 7. The van der Waals surface area contributed by atoms with Crippen molar-refractivity contribution in [2.24, 2.45) is 5.84 Å². The Balaban J connectivity index is 2.38. The highest BCUT2D eigenvalue weighted by molar-refractivity contribution is 5.39. The van der Waals surface area contributed by atoms with Crippen molar-refractivity contribution < 1.29 is 10.2 Å². The fraction of sp³-hybridized carbons (Fsp3) is 0.444. The van der Waals surface area contributed by atoms with Gasteiger partial charge in [-0.1, -0.05) is 0 Å². The summed E-state index contributed by atoms with van der Waals surface area (Å²) in [5, 5.41) is 22.0. The number of nitrogen functional groups attached to an aromatic ring is 1. The second-order valence-corrected chi connectivity index (χ2v) is 3.68. The van der Waals surface area contributed by atoms with Gasteiger partial charge in [0.15, 0.2) is 0 Å². The standard InChI is InChI=1S/C9H15N9O2/c10-16-7-13-8(17(1-3-19)2-4-20)15-9(14-7)18-6-11-5-12-18/h5-6,19-20H,1-4,10H2,(H,13,14,15,16). The molecule has 20 heavy (non-hydrogen) atoms. The quantitative estimate of drug-likeness (QED) is 0.317. The van der Waals surface area contributed by atoms with Gasteiger partial charge in [0.25, 0.3) is 5.95 Å². The van der Waals surface area contributed by atoms with Crippen LogP contribution in [0.1, 0.15) is 0 Å². The molecule has 0 spiro atoms. The Labute approximate surface area is 114 Å². The molecule has 0 atom stereocenters. The molecule has 2 heterocycles. The zero-order valence-electron chi connectivity index (χ0n) is 10.6. The molecule has 2 aromatic rings. The Hall–Kier alpha value is -2.37. The Bertz CT molecular complexity index is 526. The van der Waals surface area contributed by atoms with Gasteiger partial charge in [-0.3, -0.25) is 5.43 Å². The van der Waals surface area contributed by atoms with Crippen LogP contribution in [0.15, 0.2) is 12.7 Å². The maximum atomic E-state index is 9.04. The molecule has 0 fully saturated rings. The molecule has 2 rings (SSSR count). The van der Waals surface area contributed by atoms with Crippen LogP contribution in [-0.4, -0.2) is 66.2 Å². The van der Waals surface area contributed by atoms with E-state index in [1.807, 2.05) is 0 Å². The zero-order chi connectivity index (χ0) is 14.4. The third-order valence-electron chi connectivity index (χ3n) is 2.39. The van der Waals surface area contributed by atoms with Crippen molar-refractivity contribution in [1.29, 1.82) is 0 Å². The van der Waals surface area contributed by atoms with Gasteiger partial charge in [0.2, 0.25) is 11.9 Å². The van der Waals surface area contributed by atoms with E-state index in [2.05, 4.69) is 30.5 Å². The largest absolute Gasteiger partial charge is 0.395 e. The third kappa shape index (κ3) is 3.14. The van der Waals surface area contributed by atoms with Gasteiger partial charge in [0.05, 0.1) is 13.2 Å². The summed E-state index contributed by atoms with van der Waals surface area (Å²) in [7, 11) is 0. The van der Waals surface area contributed by atoms with Crippen LogP contribution in [-0.2, 0) is 0 Å². The lowest BCUT2D eigenvalue weighted by Crippen LogP contribution is -2.32. The second kappa shape index (κ2) is 6.70. The van der Waals surface area contributed by atoms with Crippen LogP contribution >= 0.6 is 0 Å². The number of aliphatic hydroxyl groups excluding tert-OH is 2. The van der Waals surface area contributed by atoms with Gasteiger partial charge in [-0.2, -0.15) is 24.7 Å². The summed E-state index contributed by atoms with van der Waals surface area (Å²) in [6.45, 7) is 0.336. The van der Waals surface area contributed by atoms with Crippen molar-refractivity contribution in [2.45, 2.75) is 0 Å². The molecule has 0 aliphatic heterocycles. The molecule has 0 radical (unpaired) electrons. The maximum Gasteiger partial charge on any atom is 0.258 e. The van der Waals surface area contributed by atoms with Crippen molar-refractivity contribution in [3.8, 4) is 5.95 Å². The minimum atomic E-state index is -0.101. The molecule has 0 unspecified atom stereocenters. The average molecular weight is 281 g/mol. The molecule has 11 nitrogen and oxygen atoms in total. The fourth-order valence-electron chi connectivity index (χ4n) is 1.53. The molecular formula is C9H15N9O2. The fourth-order valence-corrected chi connectivity index (χ4v) is 1.53. The molecule has 5 N–H and O–H groups in total. The van der Waals surface area contributed by atoms with Crippen molar-refractivity contribution in [3.63, 3.8) is 0 Å². The summed E-state index contributed by atoms with van der Waals surface area (Å²) >= 11 is 0. The van der Waals surface area contributed by atoms with Crippen molar-refractivity contribution >= 4 is 11.9 Å². The molecule has 0 saturated heterocycles. The van der Waals surface area contributed by atoms with E-state index in [0.29, 0.717) is 0 Å². The lowest BCUT2D eigenvalue weighted by atomic mass is 10.5. The first-order valence-corrected chi connectivity index (χ1v) is 5.83. The van der Waals surface area contributed by atoms with Crippen LogP contribution < -0.4 is 16.2 Å². The smallest absolute Gasteiger partial charge is 0.258 e. The number of nitrogens with zero attached hydrogens (tertiary/aromatic N) is 7. The number of aliphatic hydroxyl groups is 2. The monoisotopic (exact) mass is 281 g/mol. The molecular weight excluding hydrogens is 266 g/mol. The number of hydrogen-bond acceptors (Lipinski definition) is 10. The number of nitrogens with one attached hydrogen (secondary N) is 1. The first-order chi connectivity index (χ1) is 9.78. The Morgan fingerprint density at radius 2 is 1.95 bits per heavy atom. The number of hydrogen-bond donors (Lipinski definition) is 4. The van der Waals surface area contributed by atoms with E-state index in [4.69, 9.17) is 16.1 Å². The van der Waals surface area contributed by atoms with E-state index in [1.165, 1.54) is 17.3 Å². The van der Waals surface area contributed by atoms with Gasteiger partial charge >= 0.3 is 0 Å². The topological polar surface area (TPSA) is 151 Å². The van der Waals surface area contributed by atoms with E-state index in [0.717, 1.165) is 0 Å². The molecule has 0 saturated carbocycles. The van der Waals surface area contributed by atoms with Gasteiger partial charge in [0, 0.05) is 13.1 Å². The van der Waals surface area contributed by atoms with Crippen LogP contribution in [0.3, 0.4) is 0 Å². The van der Waals surface area contributed by atoms with Gasteiger partial charge in [-0.05, 0) is 0 Å². The SMILES string of the molecule is NNc1nc(N(CCO)CCO)nc(-n2cncn2)n1. The van der Waals surface area contributed by atoms with Crippen molar-refractivity contribution in [3.05, 3.63) is 12.7 Å². The zero-order valence-corrected chi connectivity index (χ0v) is 10.6. The predicted octanol–water partition coefficient (Wildman–Crippen LogP) is -2.47. The van der Waals surface area contributed by atoms with Gasteiger partial charge in [-0.25, -0.2) is 10.8 Å². The van der Waals surface area contributed by atoms with Crippen molar-refractivity contribution in [1.82, 2.24) is 29.7 Å². The summed E-state index contributed by atoms with van der Waals surface area (Å²) in [5.41, 5.74) is 2.33. The van der Waals surface area contributed by atoms with E-state index in [1.54, 1.807) is 4.90 Å². The van der Waals surface area contributed by atoms with Gasteiger partial charge < -0.3 is 15.1 Å². The molecule has 0 aliphatic carbocycles. The number of aromatic nitrogens is 6. The summed E-state index contributed by atoms with van der Waals surface area (Å²) in [6.07, 6.45) is 2.78. The molecule has 0 amide bonds. The predicted molar refractivity (Wildman–Crippen MR) is 68.9 cm³/mol. The Morgan fingerprint density at radius 1 is 1.20 bits per heavy atom. The highest BCUT2D eigenvalue weighted by Crippen LogP contribution is 2.11. The van der Waals surface area contributed by atoms with Crippen LogP contribution in [0.2, 0.25) is 0 Å². The highest BCUT2D eigenvalue weighted by atomic mass is 16.3. The van der Waals surface area contributed by atoms with Crippen LogP contribution in [0.4, 0.5) is 11.9 Å². The molecule has 0 aromatic carbocycles. The van der Waals surface area contributed by atoms with E-state index < -0.39 is 0 Å². The highest BCUT2D eigenvalue weighted by Gasteiger charge is 2.14. The lowest BCUT2D eigenvalue weighted by Gasteiger charge is -2.20. The normalized spacial score (nSPS) is 10.6. The summed E-state index contributed by atoms with van der Waals surface area (Å²) < 4.78 is 1.35. The minimum absolute atomic E-state index is 0.101. The van der Waals surface area contributed by atoms with Crippen LogP contribution in [0.5, 0.6) is 0 Å². The first-order valence-electron chi connectivity index (χ1n) is 5.83. The van der Waals surface area contributed by atoms with Crippen LogP contribution in [0.25, 0.3) is 5.95 Å². The molecule has 108 valence electrons. The summed E-state index contributed by atoms with van der Waals surface area (Å²) in [5.74, 6) is 5.95. The first kappa shape index (κ1) is 14.0. The number of hydrazine groups is 1. The molecule has 0 aliphatic rings. The molecule has 0 bridgehead atoms. The third-order valence-corrected chi connectivity index (χ3v) is 2.39. The number of nitrogens with two attached hydrogens (primary N) is 1. The average Bonchev–Trinajstić information content (AvgIpc) is 3.01. The van der Waals surface area contributed by atoms with Gasteiger partial charge in [-0.15, -0.1) is 0 Å². The van der Waals surface area contributed by atoms with E-state index >= 15 is 0 Å². The summed E-state index contributed by atoms with van der Waals surface area (Å²) in [6, 6.07) is 0. The minimum Gasteiger partial charge on any atom is -0.395 e.